The Morgan fingerprint density at radius 1 is 1.20 bits per heavy atom. The summed E-state index contributed by atoms with van der Waals surface area (Å²) < 4.78 is 0. The van der Waals surface area contributed by atoms with Crippen LogP contribution in [0.25, 0.3) is 0 Å². The number of nitrogens with zero attached hydrogens (tertiary/aromatic N) is 1. The highest BCUT2D eigenvalue weighted by Crippen LogP contribution is 2.38. The quantitative estimate of drug-likeness (QED) is 0.658. The van der Waals surface area contributed by atoms with Crippen molar-refractivity contribution in [2.75, 3.05) is 11.4 Å². The monoisotopic (exact) mass is 291 g/mol. The van der Waals surface area contributed by atoms with E-state index in [1.54, 1.807) is 0 Å². The van der Waals surface area contributed by atoms with Gasteiger partial charge in [0.1, 0.15) is 5.84 Å². The predicted molar refractivity (Wildman–Crippen MR) is 84.8 cm³/mol. The van der Waals surface area contributed by atoms with Gasteiger partial charge in [-0.1, -0.05) is 24.4 Å². The average molecular weight is 292 g/mol. The van der Waals surface area contributed by atoms with E-state index < -0.39 is 0 Å². The lowest BCUT2D eigenvalue weighted by molar-refractivity contribution is 0.431. The molecule has 4 heteroatoms. The van der Waals surface area contributed by atoms with E-state index in [1.165, 1.54) is 44.2 Å². The number of benzene rings is 1. The summed E-state index contributed by atoms with van der Waals surface area (Å²) in [6, 6.07) is 6.60. The molecule has 3 rings (SSSR count). The fourth-order valence-corrected chi connectivity index (χ4v) is 4.12. The van der Waals surface area contributed by atoms with Crippen LogP contribution in [0, 0.1) is 11.3 Å². The summed E-state index contributed by atoms with van der Waals surface area (Å²) in [7, 11) is 0. The molecule has 3 nitrogen and oxygen atoms in total. The second-order valence-corrected chi connectivity index (χ2v) is 6.43. The van der Waals surface area contributed by atoms with Crippen molar-refractivity contribution < 1.29 is 0 Å². The summed E-state index contributed by atoms with van der Waals surface area (Å²) in [4.78, 5) is 2.52. The molecule has 2 aliphatic rings. The van der Waals surface area contributed by atoms with Gasteiger partial charge in [0.05, 0.1) is 5.02 Å². The van der Waals surface area contributed by atoms with Crippen molar-refractivity contribution in [3.05, 3.63) is 28.8 Å². The molecular formula is C16H22ClN3. The minimum absolute atomic E-state index is 0.0373. The average Bonchev–Trinajstić information content (AvgIpc) is 3.09. The van der Waals surface area contributed by atoms with Crippen LogP contribution in [0.2, 0.25) is 5.02 Å². The van der Waals surface area contributed by atoms with Gasteiger partial charge in [0.25, 0.3) is 0 Å². The number of nitrogens with two attached hydrogens (primary N) is 1. The zero-order chi connectivity index (χ0) is 14.1. The van der Waals surface area contributed by atoms with Crippen LogP contribution in [-0.2, 0) is 0 Å². The topological polar surface area (TPSA) is 53.1 Å². The molecule has 0 bridgehead atoms. The van der Waals surface area contributed by atoms with Crippen LogP contribution in [0.1, 0.15) is 44.1 Å². The number of nitrogens with one attached hydrogen (secondary N) is 1. The number of rotatable bonds is 3. The Hall–Kier alpha value is -1.22. The molecule has 1 aromatic carbocycles. The first-order valence-electron chi connectivity index (χ1n) is 7.57. The van der Waals surface area contributed by atoms with Crippen LogP contribution in [0.15, 0.2) is 18.2 Å². The molecule has 1 aliphatic carbocycles. The fourth-order valence-electron chi connectivity index (χ4n) is 3.85. The Morgan fingerprint density at radius 2 is 1.95 bits per heavy atom. The first-order chi connectivity index (χ1) is 9.66. The molecule has 0 amide bonds. The molecule has 108 valence electrons. The number of nitrogen functional groups attached to an aromatic ring is 1. The van der Waals surface area contributed by atoms with Crippen molar-refractivity contribution in [3.63, 3.8) is 0 Å². The lowest BCUT2D eigenvalue weighted by Gasteiger charge is -2.31. The van der Waals surface area contributed by atoms with E-state index in [4.69, 9.17) is 22.7 Å². The zero-order valence-electron chi connectivity index (χ0n) is 11.7. The zero-order valence-corrected chi connectivity index (χ0v) is 12.5. The summed E-state index contributed by atoms with van der Waals surface area (Å²) in [5.74, 6) is 0.888. The van der Waals surface area contributed by atoms with Gasteiger partial charge in [0, 0.05) is 23.8 Å². The highest BCUT2D eigenvalue weighted by atomic mass is 35.5. The molecular weight excluding hydrogens is 270 g/mol. The van der Waals surface area contributed by atoms with Crippen molar-refractivity contribution >= 4 is 23.1 Å². The van der Waals surface area contributed by atoms with Crippen molar-refractivity contribution in [1.29, 1.82) is 5.41 Å². The highest BCUT2D eigenvalue weighted by Gasteiger charge is 2.33. The van der Waals surface area contributed by atoms with Crippen LogP contribution >= 0.6 is 11.6 Å². The standard InChI is InChI=1S/C16H22ClN3/c17-14-10-12(7-8-13(14)16(18)19)20-9-3-6-15(20)11-4-1-2-5-11/h7-8,10-11,15H,1-6,9H2,(H3,18,19). The van der Waals surface area contributed by atoms with Gasteiger partial charge in [-0.15, -0.1) is 0 Å². The highest BCUT2D eigenvalue weighted by molar-refractivity contribution is 6.34. The molecule has 1 atom stereocenters. The van der Waals surface area contributed by atoms with Crippen molar-refractivity contribution in [3.8, 4) is 0 Å². The van der Waals surface area contributed by atoms with E-state index in [2.05, 4.69) is 11.0 Å². The van der Waals surface area contributed by atoms with Crippen LogP contribution in [0.3, 0.4) is 0 Å². The van der Waals surface area contributed by atoms with Gasteiger partial charge in [0.15, 0.2) is 0 Å². The van der Waals surface area contributed by atoms with Crippen molar-refractivity contribution in [2.24, 2.45) is 11.7 Å². The molecule has 1 aliphatic heterocycles. The predicted octanol–water partition coefficient (Wildman–Crippen LogP) is 3.78. The van der Waals surface area contributed by atoms with Crippen LogP contribution in [-0.4, -0.2) is 18.4 Å². The van der Waals surface area contributed by atoms with Crippen LogP contribution in [0.5, 0.6) is 0 Å². The molecule has 0 radical (unpaired) electrons. The van der Waals surface area contributed by atoms with E-state index in [9.17, 15) is 0 Å². The normalized spacial score (nSPS) is 23.4. The van der Waals surface area contributed by atoms with E-state index >= 15 is 0 Å². The lowest BCUT2D eigenvalue weighted by atomic mass is 9.95. The molecule has 20 heavy (non-hydrogen) atoms. The summed E-state index contributed by atoms with van der Waals surface area (Å²) in [5.41, 5.74) is 7.35. The van der Waals surface area contributed by atoms with Crippen LogP contribution < -0.4 is 10.6 Å². The second kappa shape index (κ2) is 5.65. The van der Waals surface area contributed by atoms with Gasteiger partial charge in [-0.05, 0) is 49.8 Å². The summed E-state index contributed by atoms with van der Waals surface area (Å²) >= 11 is 6.26. The Morgan fingerprint density at radius 3 is 2.60 bits per heavy atom. The number of amidine groups is 1. The maximum atomic E-state index is 7.51. The first kappa shape index (κ1) is 13.7. The van der Waals surface area contributed by atoms with Gasteiger partial charge in [-0.2, -0.15) is 0 Å². The summed E-state index contributed by atoms with van der Waals surface area (Å²) in [6.07, 6.45) is 8.10. The lowest BCUT2D eigenvalue weighted by Crippen LogP contribution is -2.34. The van der Waals surface area contributed by atoms with Gasteiger partial charge >= 0.3 is 0 Å². The maximum Gasteiger partial charge on any atom is 0.124 e. The third kappa shape index (κ3) is 2.51. The molecule has 1 heterocycles. The van der Waals surface area contributed by atoms with Gasteiger partial charge < -0.3 is 10.6 Å². The Bertz CT molecular complexity index is 508. The van der Waals surface area contributed by atoms with Crippen LogP contribution in [0.4, 0.5) is 5.69 Å². The molecule has 1 unspecified atom stereocenters. The number of hydrogen-bond acceptors (Lipinski definition) is 2. The van der Waals surface area contributed by atoms with E-state index in [0.717, 1.165) is 12.5 Å². The minimum atomic E-state index is 0.0373. The summed E-state index contributed by atoms with van der Waals surface area (Å²) in [5, 5.41) is 8.10. The molecule has 1 saturated carbocycles. The molecule has 2 fully saturated rings. The SMILES string of the molecule is N=C(N)c1ccc(N2CCCC2C2CCCC2)cc1Cl. The molecule has 1 saturated heterocycles. The number of anilines is 1. The molecule has 1 aromatic rings. The smallest absolute Gasteiger partial charge is 0.124 e. The van der Waals surface area contributed by atoms with Gasteiger partial charge in [-0.3, -0.25) is 5.41 Å². The largest absolute Gasteiger partial charge is 0.384 e. The van der Waals surface area contributed by atoms with Gasteiger partial charge in [-0.25, -0.2) is 0 Å². The number of hydrogen-bond donors (Lipinski definition) is 2. The third-order valence-corrected chi connectivity index (χ3v) is 5.13. The third-order valence-electron chi connectivity index (χ3n) is 4.82. The number of halogens is 1. The molecule has 3 N–H and O–H groups in total. The van der Waals surface area contributed by atoms with E-state index in [1.807, 2.05) is 12.1 Å². The van der Waals surface area contributed by atoms with Crippen molar-refractivity contribution in [1.82, 2.24) is 0 Å². The fraction of sp³-hybridized carbons (Fsp3) is 0.562. The Kier molecular flexibility index (Phi) is 3.88. The molecule has 0 spiro atoms. The maximum absolute atomic E-state index is 7.51. The molecule has 0 aromatic heterocycles. The minimum Gasteiger partial charge on any atom is -0.384 e. The van der Waals surface area contributed by atoms with Gasteiger partial charge in [0.2, 0.25) is 0 Å². The van der Waals surface area contributed by atoms with E-state index in [-0.39, 0.29) is 5.84 Å². The Labute approximate surface area is 125 Å². The van der Waals surface area contributed by atoms with Crippen molar-refractivity contribution in [2.45, 2.75) is 44.6 Å². The first-order valence-corrected chi connectivity index (χ1v) is 7.95. The second-order valence-electron chi connectivity index (χ2n) is 6.03. The Balaban J connectivity index is 1.84. The van der Waals surface area contributed by atoms with E-state index in [0.29, 0.717) is 16.6 Å². The summed E-state index contributed by atoms with van der Waals surface area (Å²) in [6.45, 7) is 1.12.